The third-order valence-electron chi connectivity index (χ3n) is 6.05. The highest BCUT2D eigenvalue weighted by molar-refractivity contribution is 6.00. The molecule has 1 heterocycles. The van der Waals surface area contributed by atoms with Crippen LogP contribution in [0.3, 0.4) is 0 Å². The number of para-hydroxylation sites is 2. The molecule has 0 saturated heterocycles. The van der Waals surface area contributed by atoms with Crippen LogP contribution in [0.15, 0.2) is 84.9 Å². The number of nitrogens with zero attached hydrogens (tertiary/aromatic N) is 2. The van der Waals surface area contributed by atoms with E-state index >= 15 is 0 Å². The summed E-state index contributed by atoms with van der Waals surface area (Å²) in [5.74, 6) is 0.279. The highest BCUT2D eigenvalue weighted by atomic mass is 16.3. The molecule has 0 bridgehead atoms. The highest BCUT2D eigenvalue weighted by Crippen LogP contribution is 2.23. The van der Waals surface area contributed by atoms with E-state index in [0.29, 0.717) is 22.6 Å². The number of hydrogen-bond acceptors (Lipinski definition) is 5. The number of amides is 1. The average molecular weight is 483 g/mol. The molecule has 1 aromatic heterocycles. The van der Waals surface area contributed by atoms with Crippen molar-refractivity contribution in [1.82, 2.24) is 15.2 Å². The molecule has 1 amide bonds. The number of aliphatic hydroxyl groups is 1. The molecule has 0 aliphatic rings. The average Bonchev–Trinajstić information content (AvgIpc) is 2.89. The van der Waals surface area contributed by atoms with Gasteiger partial charge in [0.25, 0.3) is 5.91 Å². The van der Waals surface area contributed by atoms with Crippen LogP contribution < -0.4 is 10.6 Å². The van der Waals surface area contributed by atoms with Crippen molar-refractivity contribution in [3.8, 4) is 0 Å². The normalized spacial score (nSPS) is 12.0. The molecule has 6 heteroatoms. The number of fused-ring (bicyclic) bond motifs is 1. The Bertz CT molecular complexity index is 1300. The van der Waals surface area contributed by atoms with Crippen LogP contribution in [-0.4, -0.2) is 34.0 Å². The van der Waals surface area contributed by atoms with Gasteiger partial charge in [-0.15, -0.1) is 0 Å². The summed E-state index contributed by atoms with van der Waals surface area (Å²) in [6.45, 7) is 7.25. The van der Waals surface area contributed by atoms with Crippen LogP contribution in [0.2, 0.25) is 0 Å². The number of aromatic nitrogens is 1. The van der Waals surface area contributed by atoms with Crippen molar-refractivity contribution in [3.63, 3.8) is 0 Å². The van der Waals surface area contributed by atoms with Crippen LogP contribution in [0.1, 0.15) is 54.4 Å². The second kappa shape index (κ2) is 12.3. The summed E-state index contributed by atoms with van der Waals surface area (Å²) in [6, 6.07) is 26.8. The molecule has 0 saturated carbocycles. The zero-order chi connectivity index (χ0) is 25.3. The van der Waals surface area contributed by atoms with E-state index in [0.717, 1.165) is 48.9 Å². The van der Waals surface area contributed by atoms with E-state index in [4.69, 9.17) is 0 Å². The van der Waals surface area contributed by atoms with Crippen LogP contribution in [0.5, 0.6) is 0 Å². The SMILES string of the molecule is CCCN(CCC)Cc1cccc(C(O)NC(=O)c2ccccc2Nc2ccc3ccccc3n2)c1. The first kappa shape index (κ1) is 25.4. The molecule has 1 atom stereocenters. The molecule has 1 unspecified atom stereocenters. The van der Waals surface area contributed by atoms with Gasteiger partial charge in [0, 0.05) is 17.5 Å². The van der Waals surface area contributed by atoms with Crippen molar-refractivity contribution in [2.45, 2.75) is 39.5 Å². The van der Waals surface area contributed by atoms with Gasteiger partial charge in [-0.1, -0.05) is 68.4 Å². The van der Waals surface area contributed by atoms with Crippen LogP contribution in [-0.2, 0) is 6.54 Å². The maximum absolute atomic E-state index is 13.1. The topological polar surface area (TPSA) is 77.5 Å². The quantitative estimate of drug-likeness (QED) is 0.228. The molecule has 0 radical (unpaired) electrons. The lowest BCUT2D eigenvalue weighted by Crippen LogP contribution is -2.29. The van der Waals surface area contributed by atoms with Crippen molar-refractivity contribution in [3.05, 3.63) is 102 Å². The standard InChI is InChI=1S/C30H34N4O2/c1-3-18-34(19-4-2)21-22-10-9-12-24(20-22)29(35)33-30(36)25-13-6-8-15-27(25)32-28-17-16-23-11-5-7-14-26(23)31-28/h5-17,20,29,35H,3-4,18-19,21H2,1-2H3,(H,31,32)(H,33,36). The predicted octanol–water partition coefficient (Wildman–Crippen LogP) is 6.02. The van der Waals surface area contributed by atoms with Gasteiger partial charge in [-0.25, -0.2) is 4.98 Å². The number of benzene rings is 3. The maximum Gasteiger partial charge on any atom is 0.255 e. The first-order valence-corrected chi connectivity index (χ1v) is 12.6. The third-order valence-corrected chi connectivity index (χ3v) is 6.05. The van der Waals surface area contributed by atoms with E-state index in [9.17, 15) is 9.90 Å². The molecule has 4 aromatic rings. The minimum absolute atomic E-state index is 0.365. The number of carbonyl (C=O) groups excluding carboxylic acids is 1. The minimum atomic E-state index is -1.12. The first-order chi connectivity index (χ1) is 17.6. The molecule has 0 aliphatic carbocycles. The van der Waals surface area contributed by atoms with Crippen molar-refractivity contribution in [2.24, 2.45) is 0 Å². The number of anilines is 2. The predicted molar refractivity (Wildman–Crippen MR) is 146 cm³/mol. The van der Waals surface area contributed by atoms with E-state index in [1.165, 1.54) is 0 Å². The van der Waals surface area contributed by atoms with E-state index in [-0.39, 0.29) is 5.91 Å². The van der Waals surface area contributed by atoms with Gasteiger partial charge in [-0.05, 0) is 61.8 Å². The second-order valence-electron chi connectivity index (χ2n) is 8.96. The minimum Gasteiger partial charge on any atom is -0.369 e. The Morgan fingerprint density at radius 1 is 0.917 bits per heavy atom. The fraction of sp³-hybridized carbons (Fsp3) is 0.267. The number of carbonyl (C=O) groups is 1. The van der Waals surface area contributed by atoms with Gasteiger partial charge >= 0.3 is 0 Å². The van der Waals surface area contributed by atoms with Gasteiger partial charge in [0.05, 0.1) is 16.8 Å². The Balaban J connectivity index is 1.47. The fourth-order valence-corrected chi connectivity index (χ4v) is 4.37. The molecule has 3 aromatic carbocycles. The molecule has 0 fully saturated rings. The summed E-state index contributed by atoms with van der Waals surface area (Å²) in [5.41, 5.74) is 3.70. The lowest BCUT2D eigenvalue weighted by atomic mass is 10.1. The van der Waals surface area contributed by atoms with Gasteiger partial charge in [0.1, 0.15) is 5.82 Å². The highest BCUT2D eigenvalue weighted by Gasteiger charge is 2.17. The first-order valence-electron chi connectivity index (χ1n) is 12.6. The molecule has 36 heavy (non-hydrogen) atoms. The molecular weight excluding hydrogens is 448 g/mol. The lowest BCUT2D eigenvalue weighted by molar-refractivity contribution is 0.0784. The summed E-state index contributed by atoms with van der Waals surface area (Å²) < 4.78 is 0. The number of aliphatic hydroxyl groups excluding tert-OH is 1. The molecule has 6 nitrogen and oxygen atoms in total. The van der Waals surface area contributed by atoms with Crippen LogP contribution in [0, 0.1) is 0 Å². The van der Waals surface area contributed by atoms with Gasteiger partial charge < -0.3 is 15.7 Å². The van der Waals surface area contributed by atoms with Crippen LogP contribution >= 0.6 is 0 Å². The number of rotatable bonds is 11. The Labute approximate surface area is 213 Å². The Morgan fingerprint density at radius 3 is 2.47 bits per heavy atom. The van der Waals surface area contributed by atoms with Crippen molar-refractivity contribution < 1.29 is 9.90 Å². The third kappa shape index (κ3) is 6.47. The van der Waals surface area contributed by atoms with E-state index in [1.54, 1.807) is 12.1 Å². The van der Waals surface area contributed by atoms with E-state index in [2.05, 4.69) is 40.4 Å². The summed E-state index contributed by atoms with van der Waals surface area (Å²) >= 11 is 0. The van der Waals surface area contributed by atoms with Gasteiger partial charge in [-0.3, -0.25) is 9.69 Å². The zero-order valence-electron chi connectivity index (χ0n) is 20.9. The van der Waals surface area contributed by atoms with E-state index < -0.39 is 6.23 Å². The number of hydrogen-bond donors (Lipinski definition) is 3. The largest absolute Gasteiger partial charge is 0.369 e. The van der Waals surface area contributed by atoms with Crippen LogP contribution in [0.25, 0.3) is 10.9 Å². The maximum atomic E-state index is 13.1. The Kier molecular flexibility index (Phi) is 8.66. The monoisotopic (exact) mass is 482 g/mol. The van der Waals surface area contributed by atoms with Crippen molar-refractivity contribution in [1.29, 1.82) is 0 Å². The molecule has 3 N–H and O–H groups in total. The van der Waals surface area contributed by atoms with Gasteiger partial charge in [0.2, 0.25) is 0 Å². The smallest absolute Gasteiger partial charge is 0.255 e. The Hall–Kier alpha value is -3.74. The van der Waals surface area contributed by atoms with Crippen LogP contribution in [0.4, 0.5) is 11.5 Å². The van der Waals surface area contributed by atoms with Gasteiger partial charge in [-0.2, -0.15) is 0 Å². The fourth-order valence-electron chi connectivity index (χ4n) is 4.37. The summed E-state index contributed by atoms with van der Waals surface area (Å²) in [7, 11) is 0. The molecule has 0 aliphatic heterocycles. The molecule has 186 valence electrons. The number of nitrogens with one attached hydrogen (secondary N) is 2. The van der Waals surface area contributed by atoms with Crippen molar-refractivity contribution >= 4 is 28.3 Å². The zero-order valence-corrected chi connectivity index (χ0v) is 20.9. The second-order valence-corrected chi connectivity index (χ2v) is 8.96. The summed E-state index contributed by atoms with van der Waals surface area (Å²) in [6.07, 6.45) is 1.08. The molecule has 4 rings (SSSR count). The van der Waals surface area contributed by atoms with E-state index in [1.807, 2.05) is 66.7 Å². The molecule has 0 spiro atoms. The summed E-state index contributed by atoms with van der Waals surface area (Å²) in [5, 5.41) is 17.9. The van der Waals surface area contributed by atoms with Crippen molar-refractivity contribution in [2.75, 3.05) is 18.4 Å². The molecular formula is C30H34N4O2. The summed E-state index contributed by atoms with van der Waals surface area (Å²) in [4.78, 5) is 20.2. The Morgan fingerprint density at radius 2 is 1.67 bits per heavy atom. The van der Waals surface area contributed by atoms with Gasteiger partial charge in [0.15, 0.2) is 6.23 Å². The number of pyridine rings is 1. The lowest BCUT2D eigenvalue weighted by Gasteiger charge is -2.22.